The third-order valence-corrected chi connectivity index (χ3v) is 4.67. The number of aromatic amines is 1. The molecule has 156 valence electrons. The van der Waals surface area contributed by atoms with Crippen molar-refractivity contribution in [3.8, 4) is 5.75 Å². The van der Waals surface area contributed by atoms with Crippen LogP contribution in [0.25, 0.3) is 10.9 Å². The number of para-hydroxylation sites is 3. The van der Waals surface area contributed by atoms with Crippen LogP contribution in [0.1, 0.15) is 29.1 Å². The van der Waals surface area contributed by atoms with Gasteiger partial charge in [-0.3, -0.25) is 9.89 Å². The monoisotopic (exact) mass is 415 g/mol. The van der Waals surface area contributed by atoms with Gasteiger partial charge in [0.2, 0.25) is 6.10 Å². The number of aromatic nitrogens is 2. The summed E-state index contributed by atoms with van der Waals surface area (Å²) in [6.07, 6.45) is -1.17. The van der Waals surface area contributed by atoms with Crippen molar-refractivity contribution in [2.24, 2.45) is 0 Å². The van der Waals surface area contributed by atoms with Gasteiger partial charge in [0, 0.05) is 10.9 Å². The van der Waals surface area contributed by atoms with E-state index in [2.05, 4.69) is 15.5 Å². The van der Waals surface area contributed by atoms with Gasteiger partial charge in [-0.15, -0.1) is 0 Å². The molecule has 7 heteroatoms. The number of amides is 1. The highest BCUT2D eigenvalue weighted by Crippen LogP contribution is 2.27. The van der Waals surface area contributed by atoms with Gasteiger partial charge in [0.25, 0.3) is 5.91 Å². The average Bonchev–Trinajstić information content (AvgIpc) is 3.24. The highest BCUT2D eigenvalue weighted by atomic mass is 16.5. The fourth-order valence-corrected chi connectivity index (χ4v) is 3.23. The van der Waals surface area contributed by atoms with E-state index in [1.54, 1.807) is 54.6 Å². The Kier molecular flexibility index (Phi) is 5.93. The van der Waals surface area contributed by atoms with E-state index in [4.69, 9.17) is 9.47 Å². The van der Waals surface area contributed by atoms with Crippen molar-refractivity contribution >= 4 is 28.5 Å². The molecule has 2 N–H and O–H groups in total. The standard InChI is InChI=1S/C24H21N3O4/c1-2-30-20-15-9-8-14-19(20)25-23(28)22(16-10-4-3-5-11-16)31-24(29)21-17-12-6-7-13-18(17)26-27-21/h3-15,22H,2H2,1H3,(H,25,28)(H,26,27)/t22-/m1/s1. The zero-order chi connectivity index (χ0) is 21.6. The molecule has 31 heavy (non-hydrogen) atoms. The number of H-pyrrole nitrogens is 1. The topological polar surface area (TPSA) is 93.3 Å². The number of hydrogen-bond acceptors (Lipinski definition) is 5. The first-order valence-electron chi connectivity index (χ1n) is 9.89. The minimum absolute atomic E-state index is 0.124. The van der Waals surface area contributed by atoms with E-state index in [-0.39, 0.29) is 5.69 Å². The average molecular weight is 415 g/mol. The molecule has 3 aromatic carbocycles. The second-order valence-electron chi connectivity index (χ2n) is 6.73. The third kappa shape index (κ3) is 4.40. The molecule has 1 atom stereocenters. The Bertz CT molecular complexity index is 1200. The number of hydrogen-bond donors (Lipinski definition) is 2. The molecule has 4 rings (SSSR count). The maximum atomic E-state index is 13.2. The van der Waals surface area contributed by atoms with Crippen molar-refractivity contribution in [3.63, 3.8) is 0 Å². The summed E-state index contributed by atoms with van der Waals surface area (Å²) in [6.45, 7) is 2.32. The van der Waals surface area contributed by atoms with Gasteiger partial charge in [-0.2, -0.15) is 5.10 Å². The van der Waals surface area contributed by atoms with Crippen molar-refractivity contribution in [2.45, 2.75) is 13.0 Å². The molecule has 0 saturated carbocycles. The maximum absolute atomic E-state index is 13.2. The second-order valence-corrected chi connectivity index (χ2v) is 6.73. The number of nitrogens with zero attached hydrogens (tertiary/aromatic N) is 1. The SMILES string of the molecule is CCOc1ccccc1NC(=O)[C@H](OC(=O)c1n[nH]c2ccccc12)c1ccccc1. The minimum Gasteiger partial charge on any atom is -0.492 e. The van der Waals surface area contributed by atoms with E-state index in [1.165, 1.54) is 0 Å². The molecule has 0 radical (unpaired) electrons. The summed E-state index contributed by atoms with van der Waals surface area (Å²) in [6, 6.07) is 23.2. The lowest BCUT2D eigenvalue weighted by molar-refractivity contribution is -0.125. The van der Waals surface area contributed by atoms with Gasteiger partial charge in [0.05, 0.1) is 17.8 Å². The van der Waals surface area contributed by atoms with Crippen LogP contribution in [0.15, 0.2) is 78.9 Å². The van der Waals surface area contributed by atoms with Gasteiger partial charge >= 0.3 is 5.97 Å². The first-order valence-corrected chi connectivity index (χ1v) is 9.89. The quantitative estimate of drug-likeness (QED) is 0.434. The van der Waals surface area contributed by atoms with Crippen LogP contribution < -0.4 is 10.1 Å². The van der Waals surface area contributed by atoms with Crippen LogP contribution in [0.3, 0.4) is 0 Å². The highest BCUT2D eigenvalue weighted by molar-refractivity contribution is 6.04. The predicted octanol–water partition coefficient (Wildman–Crippen LogP) is 4.50. The van der Waals surface area contributed by atoms with Crippen LogP contribution in [0, 0.1) is 0 Å². The van der Waals surface area contributed by atoms with E-state index < -0.39 is 18.0 Å². The number of ether oxygens (including phenoxy) is 2. The molecule has 0 aliphatic rings. The molecule has 0 fully saturated rings. The summed E-state index contributed by atoms with van der Waals surface area (Å²) in [5.41, 5.74) is 1.87. The number of carbonyl (C=O) groups is 2. The first kappa shape index (κ1) is 20.2. The zero-order valence-electron chi connectivity index (χ0n) is 16.9. The van der Waals surface area contributed by atoms with E-state index in [9.17, 15) is 9.59 Å². The lowest BCUT2D eigenvalue weighted by atomic mass is 10.1. The summed E-state index contributed by atoms with van der Waals surface area (Å²) in [5, 5.41) is 10.3. The van der Waals surface area contributed by atoms with Crippen LogP contribution >= 0.6 is 0 Å². The molecule has 1 heterocycles. The Hall–Kier alpha value is -4.13. The van der Waals surface area contributed by atoms with Crippen LogP contribution in [0.2, 0.25) is 0 Å². The van der Waals surface area contributed by atoms with Crippen molar-refractivity contribution in [1.82, 2.24) is 10.2 Å². The maximum Gasteiger partial charge on any atom is 0.360 e. The molecule has 1 amide bonds. The van der Waals surface area contributed by atoms with E-state index in [1.807, 2.05) is 31.2 Å². The van der Waals surface area contributed by atoms with Crippen LogP contribution in [-0.4, -0.2) is 28.7 Å². The fraction of sp³-hybridized carbons (Fsp3) is 0.125. The van der Waals surface area contributed by atoms with Crippen molar-refractivity contribution < 1.29 is 19.1 Å². The molecular formula is C24H21N3O4. The Morgan fingerprint density at radius 1 is 0.968 bits per heavy atom. The van der Waals surface area contributed by atoms with Crippen molar-refractivity contribution in [2.75, 3.05) is 11.9 Å². The Labute approximate surface area is 179 Å². The van der Waals surface area contributed by atoms with Crippen LogP contribution in [0.4, 0.5) is 5.69 Å². The molecule has 0 saturated heterocycles. The fourth-order valence-electron chi connectivity index (χ4n) is 3.23. The van der Waals surface area contributed by atoms with Gasteiger partial charge in [-0.25, -0.2) is 4.79 Å². The predicted molar refractivity (Wildman–Crippen MR) is 117 cm³/mol. The first-order chi connectivity index (χ1) is 15.2. The minimum atomic E-state index is -1.17. The van der Waals surface area contributed by atoms with Gasteiger partial charge in [0.15, 0.2) is 5.69 Å². The number of anilines is 1. The summed E-state index contributed by atoms with van der Waals surface area (Å²) in [5.74, 6) is -0.652. The molecule has 0 spiro atoms. The summed E-state index contributed by atoms with van der Waals surface area (Å²) in [4.78, 5) is 26.1. The lowest BCUT2D eigenvalue weighted by Gasteiger charge is -2.19. The number of carbonyl (C=O) groups excluding carboxylic acids is 2. The number of benzene rings is 3. The third-order valence-electron chi connectivity index (χ3n) is 4.67. The van der Waals surface area contributed by atoms with E-state index >= 15 is 0 Å². The number of nitrogens with one attached hydrogen (secondary N) is 2. The number of rotatable bonds is 7. The van der Waals surface area contributed by atoms with Gasteiger partial charge in [-0.1, -0.05) is 60.7 Å². The summed E-state index contributed by atoms with van der Waals surface area (Å²) < 4.78 is 11.2. The number of esters is 1. The Morgan fingerprint density at radius 2 is 1.68 bits per heavy atom. The molecule has 0 aliphatic carbocycles. The molecule has 0 unspecified atom stereocenters. The molecule has 0 bridgehead atoms. The molecule has 0 aliphatic heterocycles. The highest BCUT2D eigenvalue weighted by Gasteiger charge is 2.28. The summed E-state index contributed by atoms with van der Waals surface area (Å²) in [7, 11) is 0. The van der Waals surface area contributed by atoms with E-state index in [0.717, 1.165) is 0 Å². The molecule has 4 aromatic rings. The zero-order valence-corrected chi connectivity index (χ0v) is 16.9. The van der Waals surface area contributed by atoms with Crippen molar-refractivity contribution in [3.05, 3.63) is 90.1 Å². The second kappa shape index (κ2) is 9.13. The van der Waals surface area contributed by atoms with Crippen LogP contribution in [-0.2, 0) is 9.53 Å². The van der Waals surface area contributed by atoms with Gasteiger partial charge in [-0.05, 0) is 25.1 Å². The Morgan fingerprint density at radius 3 is 2.48 bits per heavy atom. The smallest absolute Gasteiger partial charge is 0.360 e. The Balaban J connectivity index is 1.62. The van der Waals surface area contributed by atoms with E-state index in [0.29, 0.717) is 34.5 Å². The number of fused-ring (bicyclic) bond motifs is 1. The summed E-state index contributed by atoms with van der Waals surface area (Å²) >= 11 is 0. The van der Waals surface area contributed by atoms with Gasteiger partial charge < -0.3 is 14.8 Å². The van der Waals surface area contributed by atoms with Crippen molar-refractivity contribution in [1.29, 1.82) is 0 Å². The normalized spacial score (nSPS) is 11.6. The molecular weight excluding hydrogens is 394 g/mol. The molecule has 1 aromatic heterocycles. The lowest BCUT2D eigenvalue weighted by Crippen LogP contribution is -2.26. The van der Waals surface area contributed by atoms with Gasteiger partial charge in [0.1, 0.15) is 5.75 Å². The largest absolute Gasteiger partial charge is 0.492 e. The van der Waals surface area contributed by atoms with Crippen LogP contribution in [0.5, 0.6) is 5.75 Å². The molecule has 7 nitrogen and oxygen atoms in total.